The molecule has 0 saturated carbocycles. The van der Waals surface area contributed by atoms with Crippen LogP contribution in [-0.2, 0) is 9.53 Å². The monoisotopic (exact) mass is 203 g/mol. The Kier molecular flexibility index (Phi) is 5.72. The zero-order chi connectivity index (χ0) is 11.2. The standard InChI is InChI=1S/C10H21NO3/c1-8(7-10(2,3)14-4)11-6-5-9(12)13/h8,11H,5-7H2,1-4H3,(H,12,13). The first kappa shape index (κ1) is 13.4. The quantitative estimate of drug-likeness (QED) is 0.654. The predicted octanol–water partition coefficient (Wildman–Crippen LogP) is 1.25. The van der Waals surface area contributed by atoms with E-state index in [1.54, 1.807) is 7.11 Å². The van der Waals surface area contributed by atoms with E-state index in [-0.39, 0.29) is 18.1 Å². The Morgan fingerprint density at radius 3 is 2.57 bits per heavy atom. The number of methoxy groups -OCH3 is 1. The first-order chi connectivity index (χ1) is 6.37. The highest BCUT2D eigenvalue weighted by Crippen LogP contribution is 2.15. The third-order valence-electron chi connectivity index (χ3n) is 2.18. The first-order valence-electron chi connectivity index (χ1n) is 4.88. The molecule has 0 amide bonds. The molecule has 0 aliphatic carbocycles. The lowest BCUT2D eigenvalue weighted by Crippen LogP contribution is -2.36. The second-order valence-corrected chi connectivity index (χ2v) is 4.17. The Hall–Kier alpha value is -0.610. The molecule has 0 aromatic carbocycles. The third kappa shape index (κ3) is 6.86. The minimum absolute atomic E-state index is 0.157. The molecule has 0 heterocycles. The zero-order valence-electron chi connectivity index (χ0n) is 9.46. The van der Waals surface area contributed by atoms with Gasteiger partial charge >= 0.3 is 5.97 Å². The van der Waals surface area contributed by atoms with Crippen molar-refractivity contribution in [2.45, 2.75) is 45.3 Å². The summed E-state index contributed by atoms with van der Waals surface area (Å²) in [6.07, 6.45) is 1.03. The summed E-state index contributed by atoms with van der Waals surface area (Å²) < 4.78 is 5.28. The van der Waals surface area contributed by atoms with Crippen molar-refractivity contribution in [3.63, 3.8) is 0 Å². The summed E-state index contributed by atoms with van der Waals surface area (Å²) in [5, 5.41) is 11.6. The molecule has 2 N–H and O–H groups in total. The molecule has 0 aromatic rings. The van der Waals surface area contributed by atoms with Gasteiger partial charge in [-0.3, -0.25) is 4.79 Å². The fraction of sp³-hybridized carbons (Fsp3) is 0.900. The van der Waals surface area contributed by atoms with Crippen molar-refractivity contribution in [3.05, 3.63) is 0 Å². The van der Waals surface area contributed by atoms with Gasteiger partial charge in [0.2, 0.25) is 0 Å². The number of nitrogens with one attached hydrogen (secondary N) is 1. The Morgan fingerprint density at radius 1 is 1.57 bits per heavy atom. The van der Waals surface area contributed by atoms with E-state index >= 15 is 0 Å². The number of carboxylic acids is 1. The van der Waals surface area contributed by atoms with Gasteiger partial charge in [0.05, 0.1) is 12.0 Å². The van der Waals surface area contributed by atoms with Crippen LogP contribution in [0.5, 0.6) is 0 Å². The highest BCUT2D eigenvalue weighted by atomic mass is 16.5. The normalized spacial score (nSPS) is 14.0. The van der Waals surface area contributed by atoms with Gasteiger partial charge in [-0.1, -0.05) is 0 Å². The number of carboxylic acid groups (broad SMARTS) is 1. The summed E-state index contributed by atoms with van der Waals surface area (Å²) in [5.74, 6) is -0.768. The number of rotatable bonds is 7. The molecule has 14 heavy (non-hydrogen) atoms. The molecule has 1 unspecified atom stereocenters. The van der Waals surface area contributed by atoms with Crippen molar-refractivity contribution in [2.75, 3.05) is 13.7 Å². The summed E-state index contributed by atoms with van der Waals surface area (Å²) in [5.41, 5.74) is -0.157. The lowest BCUT2D eigenvalue weighted by molar-refractivity contribution is -0.136. The van der Waals surface area contributed by atoms with Gasteiger partial charge in [0.15, 0.2) is 0 Å². The van der Waals surface area contributed by atoms with Crippen LogP contribution >= 0.6 is 0 Å². The van der Waals surface area contributed by atoms with Crippen LogP contribution in [0.4, 0.5) is 0 Å². The fourth-order valence-electron chi connectivity index (χ4n) is 1.32. The van der Waals surface area contributed by atoms with E-state index in [9.17, 15) is 4.79 Å². The van der Waals surface area contributed by atoms with Crippen molar-refractivity contribution in [3.8, 4) is 0 Å². The van der Waals surface area contributed by atoms with Crippen molar-refractivity contribution in [1.29, 1.82) is 0 Å². The number of carbonyl (C=O) groups is 1. The summed E-state index contributed by atoms with van der Waals surface area (Å²) in [7, 11) is 1.68. The largest absolute Gasteiger partial charge is 0.481 e. The minimum atomic E-state index is -0.768. The molecule has 0 spiro atoms. The molecule has 0 saturated heterocycles. The van der Waals surface area contributed by atoms with Crippen molar-refractivity contribution in [2.24, 2.45) is 0 Å². The van der Waals surface area contributed by atoms with Gasteiger partial charge < -0.3 is 15.2 Å². The van der Waals surface area contributed by atoms with Crippen molar-refractivity contribution < 1.29 is 14.6 Å². The average Bonchev–Trinajstić information content (AvgIpc) is 2.02. The molecule has 0 radical (unpaired) electrons. The van der Waals surface area contributed by atoms with E-state index in [2.05, 4.69) is 5.32 Å². The predicted molar refractivity (Wildman–Crippen MR) is 55.4 cm³/mol. The maximum atomic E-state index is 10.3. The lowest BCUT2D eigenvalue weighted by atomic mass is 10.00. The SMILES string of the molecule is COC(C)(C)CC(C)NCCC(=O)O. The van der Waals surface area contributed by atoms with Gasteiger partial charge in [0.1, 0.15) is 0 Å². The average molecular weight is 203 g/mol. The number of hydrogen-bond acceptors (Lipinski definition) is 3. The highest BCUT2D eigenvalue weighted by Gasteiger charge is 2.19. The van der Waals surface area contributed by atoms with E-state index in [0.29, 0.717) is 6.54 Å². The van der Waals surface area contributed by atoms with Crippen molar-refractivity contribution in [1.82, 2.24) is 5.32 Å². The van der Waals surface area contributed by atoms with Crippen LogP contribution in [0.3, 0.4) is 0 Å². The molecule has 4 heteroatoms. The third-order valence-corrected chi connectivity index (χ3v) is 2.18. The molecule has 1 atom stereocenters. The number of ether oxygens (including phenoxy) is 1. The lowest BCUT2D eigenvalue weighted by Gasteiger charge is -2.27. The molecular weight excluding hydrogens is 182 g/mol. The van der Waals surface area contributed by atoms with E-state index in [1.807, 2.05) is 20.8 Å². The van der Waals surface area contributed by atoms with Crippen LogP contribution in [0.25, 0.3) is 0 Å². The van der Waals surface area contributed by atoms with Crippen molar-refractivity contribution >= 4 is 5.97 Å². The molecule has 84 valence electrons. The summed E-state index contributed by atoms with van der Waals surface area (Å²) in [6, 6.07) is 0.268. The van der Waals surface area contributed by atoms with Gasteiger partial charge in [0.25, 0.3) is 0 Å². The van der Waals surface area contributed by atoms with Crippen LogP contribution in [0.15, 0.2) is 0 Å². The number of hydrogen-bond donors (Lipinski definition) is 2. The van der Waals surface area contributed by atoms with E-state index < -0.39 is 5.97 Å². The smallest absolute Gasteiger partial charge is 0.304 e. The zero-order valence-corrected chi connectivity index (χ0v) is 9.46. The van der Waals surface area contributed by atoms with Gasteiger partial charge in [0, 0.05) is 19.7 Å². The van der Waals surface area contributed by atoms with Gasteiger partial charge in [-0.2, -0.15) is 0 Å². The number of aliphatic carboxylic acids is 1. The topological polar surface area (TPSA) is 58.6 Å². The summed E-state index contributed by atoms with van der Waals surface area (Å²) in [6.45, 7) is 6.57. The Bertz CT molecular complexity index is 180. The summed E-state index contributed by atoms with van der Waals surface area (Å²) >= 11 is 0. The van der Waals surface area contributed by atoms with E-state index in [1.165, 1.54) is 0 Å². The maximum absolute atomic E-state index is 10.3. The highest BCUT2D eigenvalue weighted by molar-refractivity contribution is 5.66. The molecule has 0 bridgehead atoms. The minimum Gasteiger partial charge on any atom is -0.481 e. The molecule has 0 aliphatic heterocycles. The first-order valence-corrected chi connectivity index (χ1v) is 4.88. The maximum Gasteiger partial charge on any atom is 0.304 e. The molecular formula is C10H21NO3. The molecule has 0 aromatic heterocycles. The molecule has 0 fully saturated rings. The van der Waals surface area contributed by atoms with Gasteiger partial charge in [-0.25, -0.2) is 0 Å². The fourth-order valence-corrected chi connectivity index (χ4v) is 1.32. The van der Waals surface area contributed by atoms with Gasteiger partial charge in [-0.15, -0.1) is 0 Å². The Morgan fingerprint density at radius 2 is 2.14 bits per heavy atom. The molecule has 0 aliphatic rings. The van der Waals surface area contributed by atoms with Crippen LogP contribution in [0.1, 0.15) is 33.6 Å². The molecule has 0 rings (SSSR count). The van der Waals surface area contributed by atoms with E-state index in [4.69, 9.17) is 9.84 Å². The van der Waals surface area contributed by atoms with Crippen LogP contribution in [0.2, 0.25) is 0 Å². The van der Waals surface area contributed by atoms with E-state index in [0.717, 1.165) is 6.42 Å². The van der Waals surface area contributed by atoms with Crippen LogP contribution in [-0.4, -0.2) is 36.4 Å². The Balaban J connectivity index is 3.65. The van der Waals surface area contributed by atoms with Crippen LogP contribution < -0.4 is 5.32 Å². The van der Waals surface area contributed by atoms with Gasteiger partial charge in [-0.05, 0) is 27.2 Å². The summed E-state index contributed by atoms with van der Waals surface area (Å²) in [4.78, 5) is 10.3. The second-order valence-electron chi connectivity index (χ2n) is 4.17. The van der Waals surface area contributed by atoms with Crippen LogP contribution in [0, 0.1) is 0 Å². The second kappa shape index (κ2) is 5.98. The molecule has 4 nitrogen and oxygen atoms in total. The Labute approximate surface area is 85.6 Å².